The summed E-state index contributed by atoms with van der Waals surface area (Å²) in [4.78, 5) is 16.1. The second kappa shape index (κ2) is 8.41. The van der Waals surface area contributed by atoms with Crippen LogP contribution in [0.3, 0.4) is 0 Å². The van der Waals surface area contributed by atoms with Gasteiger partial charge in [-0.1, -0.05) is 30.3 Å². The molecular formula is C19H17N3O4S. The zero-order valence-electron chi connectivity index (χ0n) is 14.7. The normalized spacial score (nSPS) is 11.3. The summed E-state index contributed by atoms with van der Waals surface area (Å²) in [5, 5.41) is 16.7. The first-order valence-corrected chi connectivity index (χ1v) is 8.74. The van der Waals surface area contributed by atoms with E-state index in [1.165, 1.54) is 0 Å². The molecule has 0 saturated carbocycles. The van der Waals surface area contributed by atoms with E-state index in [4.69, 9.17) is 9.47 Å². The van der Waals surface area contributed by atoms with Crippen LogP contribution in [0.1, 0.15) is 5.56 Å². The smallest absolute Gasteiger partial charge is 0.342 e. The summed E-state index contributed by atoms with van der Waals surface area (Å²) >= 11 is 0.973. The summed E-state index contributed by atoms with van der Waals surface area (Å²) in [6.07, 6.45) is 1.58. The lowest BCUT2D eigenvalue weighted by molar-refractivity contribution is -0.131. The number of aromatic nitrogens is 3. The van der Waals surface area contributed by atoms with Crippen molar-refractivity contribution in [3.05, 3.63) is 59.0 Å². The van der Waals surface area contributed by atoms with Crippen molar-refractivity contribution < 1.29 is 19.4 Å². The SMILES string of the molecule is COc1cc(OC)cc(-c2nc(S/C(=C/c3ccccc3)C(=O)O)n[nH]2)c1. The number of rotatable bonds is 7. The van der Waals surface area contributed by atoms with Gasteiger partial charge in [0, 0.05) is 11.6 Å². The van der Waals surface area contributed by atoms with Gasteiger partial charge in [-0.2, -0.15) is 0 Å². The van der Waals surface area contributed by atoms with Crippen LogP contribution < -0.4 is 9.47 Å². The Morgan fingerprint density at radius 1 is 1.11 bits per heavy atom. The van der Waals surface area contributed by atoms with Crippen molar-refractivity contribution in [3.63, 3.8) is 0 Å². The van der Waals surface area contributed by atoms with Gasteiger partial charge in [0.15, 0.2) is 5.82 Å². The topological polar surface area (TPSA) is 97.3 Å². The minimum atomic E-state index is -1.04. The number of aromatic amines is 1. The molecule has 0 amide bonds. The van der Waals surface area contributed by atoms with Crippen LogP contribution in [0.15, 0.2) is 58.6 Å². The van der Waals surface area contributed by atoms with Crippen LogP contribution in [0.4, 0.5) is 0 Å². The first-order chi connectivity index (χ1) is 13.1. The number of thioether (sulfide) groups is 1. The van der Waals surface area contributed by atoms with Gasteiger partial charge in [-0.05, 0) is 35.5 Å². The molecule has 0 fully saturated rings. The maximum atomic E-state index is 11.6. The van der Waals surface area contributed by atoms with E-state index in [2.05, 4.69) is 15.2 Å². The molecule has 7 nitrogen and oxygen atoms in total. The highest BCUT2D eigenvalue weighted by Gasteiger charge is 2.15. The maximum absolute atomic E-state index is 11.6. The number of carboxylic acids is 1. The highest BCUT2D eigenvalue weighted by Crippen LogP contribution is 2.30. The summed E-state index contributed by atoms with van der Waals surface area (Å²) in [5.41, 5.74) is 1.50. The van der Waals surface area contributed by atoms with Crippen molar-refractivity contribution in [3.8, 4) is 22.9 Å². The Morgan fingerprint density at radius 2 is 1.78 bits per heavy atom. The second-order valence-corrected chi connectivity index (χ2v) is 6.40. The third-order valence-corrected chi connectivity index (χ3v) is 4.48. The molecule has 2 N–H and O–H groups in total. The number of hydrogen-bond donors (Lipinski definition) is 2. The number of methoxy groups -OCH3 is 2. The number of benzene rings is 2. The summed E-state index contributed by atoms with van der Waals surface area (Å²) in [5.74, 6) is 0.674. The fraction of sp³-hybridized carbons (Fsp3) is 0.105. The predicted molar refractivity (Wildman–Crippen MR) is 103 cm³/mol. The van der Waals surface area contributed by atoms with Gasteiger partial charge in [-0.25, -0.2) is 9.78 Å². The van der Waals surface area contributed by atoms with Gasteiger partial charge >= 0.3 is 5.97 Å². The van der Waals surface area contributed by atoms with E-state index in [0.717, 1.165) is 22.9 Å². The average Bonchev–Trinajstić information content (AvgIpc) is 3.16. The van der Waals surface area contributed by atoms with E-state index in [-0.39, 0.29) is 4.91 Å². The second-order valence-electron chi connectivity index (χ2n) is 5.39. The number of aliphatic carboxylic acids is 1. The number of carboxylic acid groups (broad SMARTS) is 1. The van der Waals surface area contributed by atoms with Crippen molar-refractivity contribution in [2.75, 3.05) is 14.2 Å². The van der Waals surface area contributed by atoms with Crippen LogP contribution in [0.5, 0.6) is 11.5 Å². The largest absolute Gasteiger partial charge is 0.497 e. The summed E-state index contributed by atoms with van der Waals surface area (Å²) in [7, 11) is 3.13. The van der Waals surface area contributed by atoms with E-state index in [9.17, 15) is 9.90 Å². The molecule has 0 bridgehead atoms. The Balaban J connectivity index is 1.87. The molecule has 0 unspecified atom stereocenters. The highest BCUT2D eigenvalue weighted by atomic mass is 32.2. The van der Waals surface area contributed by atoms with Crippen molar-refractivity contribution in [2.45, 2.75) is 5.16 Å². The van der Waals surface area contributed by atoms with Crippen LogP contribution in [-0.2, 0) is 4.79 Å². The van der Waals surface area contributed by atoms with Gasteiger partial charge in [0.2, 0.25) is 5.16 Å². The van der Waals surface area contributed by atoms with E-state index in [0.29, 0.717) is 22.5 Å². The minimum Gasteiger partial charge on any atom is -0.497 e. The molecule has 0 atom stereocenters. The monoisotopic (exact) mass is 383 g/mol. The molecule has 1 aromatic heterocycles. The van der Waals surface area contributed by atoms with Crippen LogP contribution in [0.25, 0.3) is 17.5 Å². The van der Waals surface area contributed by atoms with E-state index in [1.54, 1.807) is 38.5 Å². The molecule has 3 rings (SSSR count). The number of nitrogens with zero attached hydrogens (tertiary/aromatic N) is 2. The van der Waals surface area contributed by atoms with E-state index >= 15 is 0 Å². The van der Waals surface area contributed by atoms with Crippen molar-refractivity contribution in [2.24, 2.45) is 0 Å². The first kappa shape index (κ1) is 18.5. The lowest BCUT2D eigenvalue weighted by atomic mass is 10.2. The lowest BCUT2D eigenvalue weighted by Crippen LogP contribution is -1.97. The molecule has 8 heteroatoms. The van der Waals surface area contributed by atoms with Crippen LogP contribution in [0.2, 0.25) is 0 Å². The van der Waals surface area contributed by atoms with Gasteiger partial charge in [0.25, 0.3) is 0 Å². The average molecular weight is 383 g/mol. The first-order valence-electron chi connectivity index (χ1n) is 7.93. The number of H-pyrrole nitrogens is 1. The quantitative estimate of drug-likeness (QED) is 0.474. The molecule has 0 saturated heterocycles. The fourth-order valence-corrected chi connectivity index (χ4v) is 3.01. The Hall–Kier alpha value is -3.26. The van der Waals surface area contributed by atoms with Crippen LogP contribution >= 0.6 is 11.8 Å². The van der Waals surface area contributed by atoms with Crippen LogP contribution in [0, 0.1) is 0 Å². The summed E-state index contributed by atoms with van der Waals surface area (Å²) in [6, 6.07) is 14.5. The summed E-state index contributed by atoms with van der Waals surface area (Å²) in [6.45, 7) is 0. The van der Waals surface area contributed by atoms with Crippen LogP contribution in [-0.4, -0.2) is 40.5 Å². The third-order valence-electron chi connectivity index (χ3n) is 3.60. The Kier molecular flexibility index (Phi) is 5.77. The molecule has 3 aromatic rings. The highest BCUT2D eigenvalue weighted by molar-refractivity contribution is 8.04. The van der Waals surface area contributed by atoms with Gasteiger partial charge < -0.3 is 14.6 Å². The molecule has 27 heavy (non-hydrogen) atoms. The molecule has 0 aliphatic carbocycles. The molecule has 1 heterocycles. The Morgan fingerprint density at radius 3 is 2.37 bits per heavy atom. The zero-order chi connectivity index (χ0) is 19.2. The summed E-state index contributed by atoms with van der Waals surface area (Å²) < 4.78 is 10.5. The van der Waals surface area contributed by atoms with Gasteiger partial charge in [0.05, 0.1) is 14.2 Å². The van der Waals surface area contributed by atoms with E-state index < -0.39 is 5.97 Å². The van der Waals surface area contributed by atoms with E-state index in [1.807, 2.05) is 30.3 Å². The standard InChI is InChI=1S/C19H17N3O4S/c1-25-14-9-13(10-15(11-14)26-2)17-20-19(22-21-17)27-16(18(23)24)8-12-6-4-3-5-7-12/h3-11H,1-2H3,(H,23,24)(H,20,21,22)/b16-8+. The molecule has 138 valence electrons. The minimum absolute atomic E-state index is 0.120. The van der Waals surface area contributed by atoms with Crippen molar-refractivity contribution >= 4 is 23.8 Å². The molecular weight excluding hydrogens is 366 g/mol. The molecule has 2 aromatic carbocycles. The zero-order valence-corrected chi connectivity index (χ0v) is 15.5. The van der Waals surface area contributed by atoms with Gasteiger partial charge in [-0.3, -0.25) is 5.10 Å². The van der Waals surface area contributed by atoms with Gasteiger partial charge in [0.1, 0.15) is 16.4 Å². The predicted octanol–water partition coefficient (Wildman–Crippen LogP) is 3.71. The lowest BCUT2D eigenvalue weighted by Gasteiger charge is -2.06. The number of ether oxygens (including phenoxy) is 2. The number of carbonyl (C=O) groups is 1. The molecule has 0 spiro atoms. The van der Waals surface area contributed by atoms with Crippen molar-refractivity contribution in [1.29, 1.82) is 0 Å². The third kappa shape index (κ3) is 4.68. The molecule has 0 aliphatic heterocycles. The Bertz CT molecular complexity index is 948. The number of hydrogen-bond acceptors (Lipinski definition) is 6. The van der Waals surface area contributed by atoms with Gasteiger partial charge in [-0.15, -0.1) is 5.10 Å². The Labute approximate surface area is 160 Å². The number of nitrogens with one attached hydrogen (secondary N) is 1. The maximum Gasteiger partial charge on any atom is 0.342 e. The molecule has 0 aliphatic rings. The fourth-order valence-electron chi connectivity index (χ4n) is 2.30. The van der Waals surface area contributed by atoms with Crippen molar-refractivity contribution in [1.82, 2.24) is 15.2 Å². The molecule has 0 radical (unpaired) electrons.